The molecule has 1 atom stereocenters. The van der Waals surface area contributed by atoms with Crippen LogP contribution >= 0.6 is 11.6 Å². The van der Waals surface area contributed by atoms with E-state index < -0.39 is 0 Å². The number of halogens is 1. The Kier molecular flexibility index (Phi) is 7.30. The van der Waals surface area contributed by atoms with Gasteiger partial charge in [-0.2, -0.15) is 0 Å². The minimum atomic E-state index is -0.00705. The van der Waals surface area contributed by atoms with Gasteiger partial charge in [0.25, 0.3) is 0 Å². The van der Waals surface area contributed by atoms with Crippen LogP contribution in [0.5, 0.6) is 5.75 Å². The van der Waals surface area contributed by atoms with Gasteiger partial charge < -0.3 is 15.8 Å². The van der Waals surface area contributed by atoms with Crippen molar-refractivity contribution in [2.45, 2.75) is 45.2 Å². The zero-order valence-electron chi connectivity index (χ0n) is 15.4. The van der Waals surface area contributed by atoms with E-state index in [-0.39, 0.29) is 11.5 Å². The third-order valence-electron chi connectivity index (χ3n) is 4.07. The molecule has 2 rings (SSSR count). The zero-order chi connectivity index (χ0) is 18.3. The second kappa shape index (κ2) is 9.23. The molecule has 0 aromatic heterocycles. The first-order valence-corrected chi connectivity index (χ1v) is 9.16. The highest BCUT2D eigenvalue weighted by molar-refractivity contribution is 6.30. The summed E-state index contributed by atoms with van der Waals surface area (Å²) in [4.78, 5) is 0. The van der Waals surface area contributed by atoms with Crippen molar-refractivity contribution < 1.29 is 4.74 Å². The molecule has 4 heteroatoms. The van der Waals surface area contributed by atoms with Crippen molar-refractivity contribution in [3.05, 3.63) is 64.7 Å². The van der Waals surface area contributed by atoms with Crippen LogP contribution in [0.2, 0.25) is 5.02 Å². The first-order chi connectivity index (χ1) is 11.8. The van der Waals surface area contributed by atoms with Gasteiger partial charge in [-0.3, -0.25) is 0 Å². The normalized spacial score (nSPS) is 12.8. The maximum Gasteiger partial charge on any atom is 0.120 e. The average molecular weight is 361 g/mol. The molecule has 0 saturated heterocycles. The molecular formula is C21H29ClN2O. The Labute approximate surface area is 156 Å². The zero-order valence-corrected chi connectivity index (χ0v) is 16.1. The highest BCUT2D eigenvalue weighted by Gasteiger charge is 2.13. The maximum atomic E-state index is 6.12. The van der Waals surface area contributed by atoms with Crippen molar-refractivity contribution in [2.24, 2.45) is 5.73 Å². The molecule has 2 aromatic rings. The van der Waals surface area contributed by atoms with Crippen LogP contribution < -0.4 is 15.8 Å². The monoisotopic (exact) mass is 360 g/mol. The molecule has 0 aliphatic heterocycles. The fourth-order valence-corrected chi connectivity index (χ4v) is 2.69. The predicted molar refractivity (Wildman–Crippen MR) is 106 cm³/mol. The summed E-state index contributed by atoms with van der Waals surface area (Å²) in [5, 5.41) is 4.13. The van der Waals surface area contributed by atoms with Gasteiger partial charge in [-0.25, -0.2) is 0 Å². The Balaban J connectivity index is 1.69. The molecule has 0 aliphatic carbocycles. The summed E-state index contributed by atoms with van der Waals surface area (Å²) in [7, 11) is 0. The molecule has 0 saturated carbocycles. The number of nitrogens with one attached hydrogen (secondary N) is 1. The Morgan fingerprint density at radius 1 is 1.12 bits per heavy atom. The summed E-state index contributed by atoms with van der Waals surface area (Å²) >= 11 is 5.94. The lowest BCUT2D eigenvalue weighted by Crippen LogP contribution is -2.31. The van der Waals surface area contributed by atoms with E-state index in [2.05, 4.69) is 50.4 Å². The van der Waals surface area contributed by atoms with Gasteiger partial charge in [0.2, 0.25) is 0 Å². The predicted octanol–water partition coefficient (Wildman–Crippen LogP) is 4.52. The van der Waals surface area contributed by atoms with Gasteiger partial charge in [0.15, 0.2) is 0 Å². The van der Waals surface area contributed by atoms with Crippen molar-refractivity contribution >= 4 is 11.6 Å². The highest BCUT2D eigenvalue weighted by Crippen LogP contribution is 2.22. The smallest absolute Gasteiger partial charge is 0.120 e. The fourth-order valence-electron chi connectivity index (χ4n) is 2.51. The Bertz CT molecular complexity index is 667. The number of hydrogen-bond acceptors (Lipinski definition) is 3. The minimum absolute atomic E-state index is 0.00705. The standard InChI is InChI=1S/C21H29ClN2O/c1-21(2,3)17-7-4-6-16(12-17)14-24-11-10-19(23)15-25-20-9-5-8-18(22)13-20/h4-9,12-13,19,24H,10-11,14-15,23H2,1-3H3. The van der Waals surface area contributed by atoms with Crippen molar-refractivity contribution in [3.8, 4) is 5.75 Å². The van der Waals surface area contributed by atoms with E-state index in [1.54, 1.807) is 6.07 Å². The van der Waals surface area contributed by atoms with E-state index in [1.165, 1.54) is 11.1 Å². The maximum absolute atomic E-state index is 6.12. The largest absolute Gasteiger partial charge is 0.492 e. The molecule has 0 spiro atoms. The Hall–Kier alpha value is -1.55. The molecule has 0 radical (unpaired) electrons. The Morgan fingerprint density at radius 2 is 1.88 bits per heavy atom. The minimum Gasteiger partial charge on any atom is -0.492 e. The first-order valence-electron chi connectivity index (χ1n) is 8.79. The van der Waals surface area contributed by atoms with Crippen LogP contribution in [0.25, 0.3) is 0 Å². The number of ether oxygens (including phenoxy) is 1. The molecule has 25 heavy (non-hydrogen) atoms. The summed E-state index contributed by atoms with van der Waals surface area (Å²) < 4.78 is 5.68. The first kappa shape index (κ1) is 19.8. The second-order valence-corrected chi connectivity index (χ2v) is 7.88. The van der Waals surface area contributed by atoms with Gasteiger partial charge in [0.1, 0.15) is 12.4 Å². The number of nitrogens with two attached hydrogens (primary N) is 1. The van der Waals surface area contributed by atoms with Crippen molar-refractivity contribution in [1.82, 2.24) is 5.32 Å². The summed E-state index contributed by atoms with van der Waals surface area (Å²) in [6, 6.07) is 16.1. The van der Waals surface area contributed by atoms with Gasteiger partial charge in [0, 0.05) is 17.6 Å². The van der Waals surface area contributed by atoms with E-state index in [0.29, 0.717) is 11.6 Å². The van der Waals surface area contributed by atoms with Gasteiger partial charge in [0.05, 0.1) is 0 Å². The second-order valence-electron chi connectivity index (χ2n) is 7.44. The quantitative estimate of drug-likeness (QED) is 0.680. The number of hydrogen-bond donors (Lipinski definition) is 2. The summed E-state index contributed by atoms with van der Waals surface area (Å²) in [5.41, 5.74) is 8.96. The van der Waals surface area contributed by atoms with E-state index in [4.69, 9.17) is 22.1 Å². The summed E-state index contributed by atoms with van der Waals surface area (Å²) in [6.45, 7) is 8.91. The van der Waals surface area contributed by atoms with Crippen molar-refractivity contribution in [3.63, 3.8) is 0 Å². The molecule has 0 aliphatic rings. The van der Waals surface area contributed by atoms with Crippen LogP contribution in [0.1, 0.15) is 38.3 Å². The summed E-state index contributed by atoms with van der Waals surface area (Å²) in [6.07, 6.45) is 0.861. The Morgan fingerprint density at radius 3 is 2.60 bits per heavy atom. The SMILES string of the molecule is CC(C)(C)c1cccc(CNCCC(N)COc2cccc(Cl)c2)c1. The van der Waals surface area contributed by atoms with Crippen LogP contribution in [0.15, 0.2) is 48.5 Å². The van der Waals surface area contributed by atoms with Crippen LogP contribution in [-0.4, -0.2) is 19.2 Å². The molecule has 0 bridgehead atoms. The van der Waals surface area contributed by atoms with Gasteiger partial charge in [-0.05, 0) is 47.7 Å². The molecule has 0 heterocycles. The molecule has 0 fully saturated rings. The van der Waals surface area contributed by atoms with Crippen LogP contribution in [0, 0.1) is 0 Å². The molecule has 0 amide bonds. The fraction of sp³-hybridized carbons (Fsp3) is 0.429. The lowest BCUT2D eigenvalue weighted by atomic mass is 9.86. The molecular weight excluding hydrogens is 332 g/mol. The van der Waals surface area contributed by atoms with Gasteiger partial charge >= 0.3 is 0 Å². The topological polar surface area (TPSA) is 47.3 Å². The van der Waals surface area contributed by atoms with Crippen molar-refractivity contribution in [1.29, 1.82) is 0 Å². The highest BCUT2D eigenvalue weighted by atomic mass is 35.5. The number of rotatable bonds is 8. The van der Waals surface area contributed by atoms with E-state index in [1.807, 2.05) is 18.2 Å². The van der Waals surface area contributed by atoms with Crippen LogP contribution in [-0.2, 0) is 12.0 Å². The van der Waals surface area contributed by atoms with E-state index >= 15 is 0 Å². The molecule has 1 unspecified atom stereocenters. The van der Waals surface area contributed by atoms with Crippen molar-refractivity contribution in [2.75, 3.05) is 13.2 Å². The summed E-state index contributed by atoms with van der Waals surface area (Å²) in [5.74, 6) is 0.759. The van der Waals surface area contributed by atoms with Crippen LogP contribution in [0.3, 0.4) is 0 Å². The average Bonchev–Trinajstić information content (AvgIpc) is 2.56. The van der Waals surface area contributed by atoms with Gasteiger partial charge in [-0.15, -0.1) is 0 Å². The molecule has 3 nitrogen and oxygen atoms in total. The molecule has 3 N–H and O–H groups in total. The number of benzene rings is 2. The molecule has 136 valence electrons. The third-order valence-corrected chi connectivity index (χ3v) is 4.31. The van der Waals surface area contributed by atoms with E-state index in [0.717, 1.165) is 25.3 Å². The molecule has 2 aromatic carbocycles. The van der Waals surface area contributed by atoms with Gasteiger partial charge in [-0.1, -0.05) is 62.7 Å². The third kappa shape index (κ3) is 7.07. The van der Waals surface area contributed by atoms with E-state index in [9.17, 15) is 0 Å². The lowest BCUT2D eigenvalue weighted by Gasteiger charge is -2.20. The lowest BCUT2D eigenvalue weighted by molar-refractivity contribution is 0.281. The van der Waals surface area contributed by atoms with Crippen LogP contribution in [0.4, 0.5) is 0 Å².